The first kappa shape index (κ1) is 16.8. The minimum Gasteiger partial charge on any atom is -0.468 e. The highest BCUT2D eigenvalue weighted by atomic mass is 35.5. The number of halogens is 3. The van der Waals surface area contributed by atoms with Crippen molar-refractivity contribution in [1.29, 1.82) is 0 Å². The molecule has 1 aliphatic rings. The van der Waals surface area contributed by atoms with Gasteiger partial charge in [-0.3, -0.25) is 9.59 Å². The molecule has 0 aliphatic heterocycles. The Bertz CT molecular complexity index is 532. The number of esters is 3. The molecule has 0 atom stereocenters. The predicted molar refractivity (Wildman–Crippen MR) is 70.1 cm³/mol. The van der Waals surface area contributed by atoms with Crippen LogP contribution in [0.15, 0.2) is 20.7 Å². The van der Waals surface area contributed by atoms with E-state index in [-0.39, 0.29) is 10.1 Å². The first-order chi connectivity index (χ1) is 9.30. The summed E-state index contributed by atoms with van der Waals surface area (Å²) in [6, 6.07) is 0. The SMILES string of the molecule is COC(=O)C1=C(Cl)C(Cl)=C(Cl)C1(C(=O)OC)C(=O)OC. The molecule has 0 bridgehead atoms. The van der Waals surface area contributed by atoms with Crippen molar-refractivity contribution in [2.24, 2.45) is 5.41 Å². The molecule has 0 aromatic heterocycles. The van der Waals surface area contributed by atoms with E-state index < -0.39 is 33.9 Å². The summed E-state index contributed by atoms with van der Waals surface area (Å²) >= 11 is 17.6. The van der Waals surface area contributed by atoms with Crippen molar-refractivity contribution in [3.8, 4) is 0 Å². The third kappa shape index (κ3) is 2.08. The van der Waals surface area contributed by atoms with E-state index in [0.29, 0.717) is 0 Å². The number of carbonyl (C=O) groups is 3. The van der Waals surface area contributed by atoms with Crippen molar-refractivity contribution < 1.29 is 28.6 Å². The zero-order valence-electron chi connectivity index (χ0n) is 10.6. The van der Waals surface area contributed by atoms with E-state index in [4.69, 9.17) is 34.8 Å². The molecule has 0 radical (unpaired) electrons. The highest BCUT2D eigenvalue weighted by Gasteiger charge is 2.62. The van der Waals surface area contributed by atoms with Crippen molar-refractivity contribution in [3.63, 3.8) is 0 Å². The lowest BCUT2D eigenvalue weighted by molar-refractivity contribution is -0.164. The standard InChI is InChI=1S/C11H9Cl3O6/c1-18-8(15)4-5(12)6(13)7(14)11(4,9(16)19-2)10(17)20-3/h1-3H3. The van der Waals surface area contributed by atoms with Crippen molar-refractivity contribution in [2.75, 3.05) is 21.3 Å². The highest BCUT2D eigenvalue weighted by Crippen LogP contribution is 2.53. The van der Waals surface area contributed by atoms with Crippen LogP contribution in [0.4, 0.5) is 0 Å². The Kier molecular flexibility index (Phi) is 5.07. The van der Waals surface area contributed by atoms with Crippen molar-refractivity contribution >= 4 is 52.7 Å². The Morgan fingerprint density at radius 2 is 1.30 bits per heavy atom. The van der Waals surface area contributed by atoms with Gasteiger partial charge in [0.2, 0.25) is 5.41 Å². The summed E-state index contributed by atoms with van der Waals surface area (Å²) < 4.78 is 13.6. The number of carbonyl (C=O) groups excluding carboxylic acids is 3. The minimum absolute atomic E-state index is 0.329. The zero-order chi connectivity index (χ0) is 15.7. The molecule has 0 N–H and O–H groups in total. The molecule has 0 unspecified atom stereocenters. The molecule has 6 nitrogen and oxygen atoms in total. The van der Waals surface area contributed by atoms with Gasteiger partial charge < -0.3 is 14.2 Å². The number of methoxy groups -OCH3 is 3. The topological polar surface area (TPSA) is 78.9 Å². The Balaban J connectivity index is 3.74. The Morgan fingerprint density at radius 3 is 1.65 bits per heavy atom. The second kappa shape index (κ2) is 6.03. The lowest BCUT2D eigenvalue weighted by Crippen LogP contribution is -2.44. The molecule has 0 spiro atoms. The van der Waals surface area contributed by atoms with Gasteiger partial charge in [0.05, 0.1) is 42.0 Å². The Morgan fingerprint density at radius 1 is 0.850 bits per heavy atom. The van der Waals surface area contributed by atoms with Crippen LogP contribution in [0, 0.1) is 5.41 Å². The van der Waals surface area contributed by atoms with E-state index in [0.717, 1.165) is 21.3 Å². The third-order valence-corrected chi connectivity index (χ3v) is 4.10. The fraction of sp³-hybridized carbons (Fsp3) is 0.364. The van der Waals surface area contributed by atoms with Crippen LogP contribution in [-0.2, 0) is 28.6 Å². The van der Waals surface area contributed by atoms with Gasteiger partial charge in [0, 0.05) is 0 Å². The maximum atomic E-state index is 12.1. The second-order valence-electron chi connectivity index (χ2n) is 3.54. The lowest BCUT2D eigenvalue weighted by Gasteiger charge is -2.25. The molecule has 0 saturated heterocycles. The highest BCUT2D eigenvalue weighted by molar-refractivity contribution is 6.53. The average Bonchev–Trinajstić information content (AvgIpc) is 2.66. The molecule has 9 heteroatoms. The van der Waals surface area contributed by atoms with E-state index >= 15 is 0 Å². The largest absolute Gasteiger partial charge is 0.468 e. The number of hydrogen-bond donors (Lipinski definition) is 0. The zero-order valence-corrected chi connectivity index (χ0v) is 12.9. The van der Waals surface area contributed by atoms with E-state index in [1.165, 1.54) is 0 Å². The molecule has 1 aliphatic carbocycles. The van der Waals surface area contributed by atoms with Gasteiger partial charge in [-0.2, -0.15) is 0 Å². The first-order valence-corrected chi connectivity index (χ1v) is 6.15. The lowest BCUT2D eigenvalue weighted by atomic mass is 9.82. The van der Waals surface area contributed by atoms with Crippen LogP contribution in [0.1, 0.15) is 0 Å². The molecule has 0 aromatic rings. The van der Waals surface area contributed by atoms with Gasteiger partial charge in [-0.1, -0.05) is 34.8 Å². The van der Waals surface area contributed by atoms with Crippen LogP contribution in [0.25, 0.3) is 0 Å². The molecule has 110 valence electrons. The van der Waals surface area contributed by atoms with Crippen LogP contribution >= 0.6 is 34.8 Å². The summed E-state index contributed by atoms with van der Waals surface area (Å²) in [5.74, 6) is -3.38. The van der Waals surface area contributed by atoms with Gasteiger partial charge in [-0.05, 0) is 0 Å². The van der Waals surface area contributed by atoms with E-state index in [1.54, 1.807) is 0 Å². The molecule has 0 heterocycles. The van der Waals surface area contributed by atoms with E-state index in [1.807, 2.05) is 0 Å². The molecule has 20 heavy (non-hydrogen) atoms. The van der Waals surface area contributed by atoms with Gasteiger partial charge in [-0.15, -0.1) is 0 Å². The molecular formula is C11H9Cl3O6. The number of hydrogen-bond acceptors (Lipinski definition) is 6. The van der Waals surface area contributed by atoms with Gasteiger partial charge >= 0.3 is 17.9 Å². The number of rotatable bonds is 3. The summed E-state index contributed by atoms with van der Waals surface area (Å²) in [4.78, 5) is 36.0. The summed E-state index contributed by atoms with van der Waals surface area (Å²) in [6.07, 6.45) is 0. The molecule has 0 aromatic carbocycles. The summed E-state index contributed by atoms with van der Waals surface area (Å²) in [6.45, 7) is 0. The summed E-state index contributed by atoms with van der Waals surface area (Å²) in [7, 11) is 3.05. The van der Waals surface area contributed by atoms with Crippen LogP contribution in [0.5, 0.6) is 0 Å². The van der Waals surface area contributed by atoms with Gasteiger partial charge in [0.15, 0.2) is 0 Å². The van der Waals surface area contributed by atoms with E-state index in [2.05, 4.69) is 14.2 Å². The van der Waals surface area contributed by atoms with Crippen LogP contribution in [0.2, 0.25) is 0 Å². The van der Waals surface area contributed by atoms with Gasteiger partial charge in [0.25, 0.3) is 0 Å². The average molecular weight is 344 g/mol. The third-order valence-electron chi connectivity index (χ3n) is 2.68. The van der Waals surface area contributed by atoms with Crippen LogP contribution in [0.3, 0.4) is 0 Å². The quantitative estimate of drug-likeness (QED) is 0.441. The molecular weight excluding hydrogens is 334 g/mol. The molecule has 0 saturated carbocycles. The number of allylic oxidation sites excluding steroid dienone is 2. The summed E-state index contributed by atoms with van der Waals surface area (Å²) in [5, 5.41) is -1.19. The molecule has 0 fully saturated rings. The van der Waals surface area contributed by atoms with Gasteiger partial charge in [-0.25, -0.2) is 4.79 Å². The fourth-order valence-corrected chi connectivity index (χ4v) is 2.70. The van der Waals surface area contributed by atoms with Crippen molar-refractivity contribution in [3.05, 3.63) is 20.7 Å². The molecule has 0 amide bonds. The van der Waals surface area contributed by atoms with Crippen LogP contribution < -0.4 is 0 Å². The Labute approximate surface area is 129 Å². The smallest absolute Gasteiger partial charge is 0.337 e. The predicted octanol–water partition coefficient (Wildman–Crippen LogP) is 1.69. The van der Waals surface area contributed by atoms with Crippen molar-refractivity contribution in [1.82, 2.24) is 0 Å². The maximum absolute atomic E-state index is 12.1. The number of ether oxygens (including phenoxy) is 3. The van der Waals surface area contributed by atoms with Crippen molar-refractivity contribution in [2.45, 2.75) is 0 Å². The minimum atomic E-state index is -2.38. The van der Waals surface area contributed by atoms with Gasteiger partial charge in [0.1, 0.15) is 0 Å². The molecule has 1 rings (SSSR count). The Hall–Kier alpha value is -1.24. The second-order valence-corrected chi connectivity index (χ2v) is 4.68. The first-order valence-electron chi connectivity index (χ1n) is 5.02. The van der Waals surface area contributed by atoms with E-state index in [9.17, 15) is 14.4 Å². The van der Waals surface area contributed by atoms with Crippen LogP contribution in [-0.4, -0.2) is 39.2 Å². The maximum Gasteiger partial charge on any atom is 0.337 e. The fourth-order valence-electron chi connectivity index (χ4n) is 1.76. The summed E-state index contributed by atoms with van der Waals surface area (Å²) in [5.41, 5.74) is -2.93. The monoisotopic (exact) mass is 342 g/mol. The normalized spacial score (nSPS) is 17.1.